The lowest BCUT2D eigenvalue weighted by Gasteiger charge is -2.17. The molecular formula is C18H19N5O3. The van der Waals surface area contributed by atoms with Gasteiger partial charge in [-0.05, 0) is 31.0 Å². The van der Waals surface area contributed by atoms with Gasteiger partial charge in [0.2, 0.25) is 0 Å². The van der Waals surface area contributed by atoms with E-state index in [2.05, 4.69) is 15.0 Å². The van der Waals surface area contributed by atoms with Crippen LogP contribution in [0, 0.1) is 6.92 Å². The number of H-pyrrole nitrogens is 1. The molecule has 0 saturated carbocycles. The molecule has 0 aliphatic carbocycles. The molecule has 1 aliphatic heterocycles. The summed E-state index contributed by atoms with van der Waals surface area (Å²) in [6.07, 6.45) is 3.69. The van der Waals surface area contributed by atoms with Crippen LogP contribution in [0.2, 0.25) is 0 Å². The number of aromatic amines is 1. The van der Waals surface area contributed by atoms with Gasteiger partial charge in [-0.3, -0.25) is 9.36 Å². The van der Waals surface area contributed by atoms with Crippen molar-refractivity contribution in [2.75, 3.05) is 19.7 Å². The first-order valence-corrected chi connectivity index (χ1v) is 8.49. The van der Waals surface area contributed by atoms with Gasteiger partial charge in [-0.1, -0.05) is 12.1 Å². The molecule has 1 aromatic carbocycles. The first-order valence-electron chi connectivity index (χ1n) is 8.49. The van der Waals surface area contributed by atoms with Crippen LogP contribution < -0.4 is 10.4 Å². The molecule has 2 aromatic heterocycles. The fraction of sp³-hybridized carbons (Fsp3) is 0.333. The molecule has 3 aromatic rings. The number of imidazole rings is 1. The van der Waals surface area contributed by atoms with Crippen LogP contribution in [-0.2, 0) is 4.79 Å². The van der Waals surface area contributed by atoms with Gasteiger partial charge < -0.3 is 14.6 Å². The minimum atomic E-state index is -0.226. The summed E-state index contributed by atoms with van der Waals surface area (Å²) in [5.41, 5.74) is 2.03. The van der Waals surface area contributed by atoms with E-state index in [-0.39, 0.29) is 24.2 Å². The van der Waals surface area contributed by atoms with Gasteiger partial charge in [0.25, 0.3) is 5.91 Å². The number of hydrogen-bond donors (Lipinski definition) is 1. The molecule has 0 spiro atoms. The Bertz CT molecular complexity index is 1010. The smallest absolute Gasteiger partial charge is 0.328 e. The fourth-order valence-electron chi connectivity index (χ4n) is 3.33. The Morgan fingerprint density at radius 2 is 2.31 bits per heavy atom. The van der Waals surface area contributed by atoms with Crippen LogP contribution >= 0.6 is 0 Å². The minimum absolute atomic E-state index is 0.0128. The largest absolute Gasteiger partial charge is 0.484 e. The SMILES string of the molecule is Cc1cccc(OCC(=O)N2CCC(n3c(=O)[nH]c4cncnc43)C2)c1. The highest BCUT2D eigenvalue weighted by Gasteiger charge is 2.30. The van der Waals surface area contributed by atoms with Crippen molar-refractivity contribution in [3.8, 4) is 5.75 Å². The maximum atomic E-state index is 12.4. The average Bonchev–Trinajstić information content (AvgIpc) is 3.23. The monoisotopic (exact) mass is 353 g/mol. The number of carbonyl (C=O) groups excluding carboxylic acids is 1. The molecule has 1 aliphatic rings. The van der Waals surface area contributed by atoms with Gasteiger partial charge in [0.1, 0.15) is 17.6 Å². The molecule has 134 valence electrons. The van der Waals surface area contributed by atoms with E-state index in [1.807, 2.05) is 31.2 Å². The highest BCUT2D eigenvalue weighted by atomic mass is 16.5. The summed E-state index contributed by atoms with van der Waals surface area (Å²) in [6, 6.07) is 7.49. The van der Waals surface area contributed by atoms with Crippen LogP contribution in [0.15, 0.2) is 41.6 Å². The van der Waals surface area contributed by atoms with E-state index in [0.29, 0.717) is 36.4 Å². The number of rotatable bonds is 4. The molecule has 1 N–H and O–H groups in total. The zero-order valence-corrected chi connectivity index (χ0v) is 14.4. The Hall–Kier alpha value is -3.16. The Morgan fingerprint density at radius 1 is 1.42 bits per heavy atom. The van der Waals surface area contributed by atoms with E-state index in [4.69, 9.17) is 4.74 Å². The normalized spacial score (nSPS) is 17.0. The van der Waals surface area contributed by atoms with Crippen LogP contribution in [0.5, 0.6) is 5.75 Å². The predicted octanol–water partition coefficient (Wildman–Crippen LogP) is 1.28. The Morgan fingerprint density at radius 3 is 3.15 bits per heavy atom. The van der Waals surface area contributed by atoms with Crippen molar-refractivity contribution >= 4 is 17.1 Å². The van der Waals surface area contributed by atoms with Gasteiger partial charge in [-0.2, -0.15) is 0 Å². The zero-order chi connectivity index (χ0) is 18.1. The molecule has 1 amide bonds. The second kappa shape index (κ2) is 6.62. The lowest BCUT2D eigenvalue weighted by atomic mass is 10.2. The maximum absolute atomic E-state index is 12.4. The second-order valence-corrected chi connectivity index (χ2v) is 6.45. The van der Waals surface area contributed by atoms with Gasteiger partial charge in [-0.25, -0.2) is 14.8 Å². The van der Waals surface area contributed by atoms with Crippen LogP contribution in [-0.4, -0.2) is 50.0 Å². The van der Waals surface area contributed by atoms with E-state index >= 15 is 0 Å². The number of aromatic nitrogens is 4. The Kier molecular flexibility index (Phi) is 4.16. The van der Waals surface area contributed by atoms with Gasteiger partial charge in [0, 0.05) is 13.1 Å². The van der Waals surface area contributed by atoms with E-state index in [9.17, 15) is 9.59 Å². The van der Waals surface area contributed by atoms with E-state index in [0.717, 1.165) is 5.56 Å². The number of nitrogens with zero attached hydrogens (tertiary/aromatic N) is 4. The van der Waals surface area contributed by atoms with Crippen LogP contribution in [0.1, 0.15) is 18.0 Å². The first-order chi connectivity index (χ1) is 12.6. The Labute approximate surface area is 149 Å². The number of nitrogens with one attached hydrogen (secondary N) is 1. The molecule has 8 nitrogen and oxygen atoms in total. The van der Waals surface area contributed by atoms with Gasteiger partial charge in [0.05, 0.1) is 12.2 Å². The summed E-state index contributed by atoms with van der Waals surface area (Å²) >= 11 is 0. The summed E-state index contributed by atoms with van der Waals surface area (Å²) < 4.78 is 7.21. The summed E-state index contributed by atoms with van der Waals surface area (Å²) in [5.74, 6) is 0.593. The summed E-state index contributed by atoms with van der Waals surface area (Å²) in [5, 5.41) is 0. The lowest BCUT2D eigenvalue weighted by molar-refractivity contribution is -0.132. The number of ether oxygens (including phenoxy) is 1. The summed E-state index contributed by atoms with van der Waals surface area (Å²) in [6.45, 7) is 3.01. The molecule has 3 heterocycles. The number of amides is 1. The van der Waals surface area contributed by atoms with Crippen molar-refractivity contribution in [1.82, 2.24) is 24.4 Å². The molecule has 4 rings (SSSR count). The van der Waals surface area contributed by atoms with Crippen LogP contribution in [0.25, 0.3) is 11.2 Å². The van der Waals surface area contributed by atoms with Crippen LogP contribution in [0.3, 0.4) is 0 Å². The predicted molar refractivity (Wildman–Crippen MR) is 95.1 cm³/mol. The second-order valence-electron chi connectivity index (χ2n) is 6.45. The molecular weight excluding hydrogens is 334 g/mol. The fourth-order valence-corrected chi connectivity index (χ4v) is 3.33. The third kappa shape index (κ3) is 3.05. The average molecular weight is 353 g/mol. The van der Waals surface area contributed by atoms with Gasteiger partial charge >= 0.3 is 5.69 Å². The molecule has 26 heavy (non-hydrogen) atoms. The molecule has 1 fully saturated rings. The first kappa shape index (κ1) is 16.3. The van der Waals surface area contributed by atoms with Crippen molar-refractivity contribution in [2.24, 2.45) is 0 Å². The highest BCUT2D eigenvalue weighted by molar-refractivity contribution is 5.78. The third-order valence-electron chi connectivity index (χ3n) is 4.61. The zero-order valence-electron chi connectivity index (χ0n) is 14.4. The number of carbonyl (C=O) groups is 1. The third-order valence-corrected chi connectivity index (χ3v) is 4.61. The van der Waals surface area contributed by atoms with Crippen LogP contribution in [0.4, 0.5) is 0 Å². The van der Waals surface area contributed by atoms with Gasteiger partial charge in [-0.15, -0.1) is 0 Å². The van der Waals surface area contributed by atoms with Gasteiger partial charge in [0.15, 0.2) is 12.3 Å². The van der Waals surface area contributed by atoms with Crippen molar-refractivity contribution in [3.05, 3.63) is 52.8 Å². The molecule has 0 radical (unpaired) electrons. The lowest BCUT2D eigenvalue weighted by Crippen LogP contribution is -2.34. The van der Waals surface area contributed by atoms with Crippen molar-refractivity contribution in [1.29, 1.82) is 0 Å². The minimum Gasteiger partial charge on any atom is -0.484 e. The quantitative estimate of drug-likeness (QED) is 0.763. The van der Waals surface area contributed by atoms with E-state index < -0.39 is 0 Å². The van der Waals surface area contributed by atoms with E-state index in [1.54, 1.807) is 15.7 Å². The van der Waals surface area contributed by atoms with Crippen molar-refractivity contribution in [3.63, 3.8) is 0 Å². The Balaban J connectivity index is 1.44. The highest BCUT2D eigenvalue weighted by Crippen LogP contribution is 2.23. The topological polar surface area (TPSA) is 93.1 Å². The van der Waals surface area contributed by atoms with Crippen molar-refractivity contribution in [2.45, 2.75) is 19.4 Å². The number of aryl methyl sites for hydroxylation is 1. The summed E-state index contributed by atoms with van der Waals surface area (Å²) in [7, 11) is 0. The number of fused-ring (bicyclic) bond motifs is 1. The molecule has 8 heteroatoms. The van der Waals surface area contributed by atoms with Crippen molar-refractivity contribution < 1.29 is 9.53 Å². The summed E-state index contributed by atoms with van der Waals surface area (Å²) in [4.78, 5) is 37.3. The number of hydrogen-bond acceptors (Lipinski definition) is 5. The standard InChI is InChI=1S/C18H19N5O3/c1-12-3-2-4-14(7-12)26-10-16(24)22-6-5-13(9-22)23-17-15(21-18(23)25)8-19-11-20-17/h2-4,7-8,11,13H,5-6,9-10H2,1H3,(H,21,25). The maximum Gasteiger partial charge on any atom is 0.328 e. The molecule has 1 saturated heterocycles. The number of likely N-dealkylation sites (tertiary alicyclic amines) is 1. The molecule has 1 atom stereocenters. The number of benzene rings is 1. The molecule has 1 unspecified atom stereocenters. The van der Waals surface area contributed by atoms with E-state index in [1.165, 1.54) is 6.33 Å². The molecule has 0 bridgehead atoms.